The number of rotatable bonds is 3. The molecule has 3 nitrogen and oxygen atoms in total. The molecule has 3 rings (SSSR count). The topological polar surface area (TPSA) is 32.7 Å². The summed E-state index contributed by atoms with van der Waals surface area (Å²) < 4.78 is 0. The molecule has 0 bridgehead atoms. The van der Waals surface area contributed by atoms with Crippen molar-refractivity contribution in [1.82, 2.24) is 4.90 Å². The van der Waals surface area contributed by atoms with Crippen molar-refractivity contribution in [2.24, 2.45) is 4.99 Å². The molecule has 1 saturated heterocycles. The molecule has 27 heavy (non-hydrogen) atoms. The summed E-state index contributed by atoms with van der Waals surface area (Å²) in [4.78, 5) is 19.6. The third-order valence-electron chi connectivity index (χ3n) is 4.65. The molecule has 1 aliphatic heterocycles. The molecule has 1 heterocycles. The van der Waals surface area contributed by atoms with Gasteiger partial charge in [-0.05, 0) is 58.5 Å². The Balaban J connectivity index is 1.82. The summed E-state index contributed by atoms with van der Waals surface area (Å²) in [5, 5.41) is 0.710. The fourth-order valence-electron chi connectivity index (χ4n) is 2.80. The van der Waals surface area contributed by atoms with E-state index in [1.54, 1.807) is 11.9 Å². The number of hydrogen-bond donors (Lipinski definition) is 0. The highest BCUT2D eigenvalue weighted by Gasteiger charge is 2.30. The van der Waals surface area contributed by atoms with E-state index in [1.807, 2.05) is 18.2 Å². The lowest BCUT2D eigenvalue weighted by molar-refractivity contribution is -0.121. The first-order valence-electron chi connectivity index (χ1n) is 9.23. The molecule has 2 aromatic carbocycles. The van der Waals surface area contributed by atoms with Gasteiger partial charge < -0.3 is 0 Å². The molecule has 1 amide bonds. The van der Waals surface area contributed by atoms with Crippen LogP contribution in [0.5, 0.6) is 0 Å². The van der Waals surface area contributed by atoms with Crippen LogP contribution in [0.3, 0.4) is 0 Å². The van der Waals surface area contributed by atoms with E-state index in [4.69, 9.17) is 0 Å². The van der Waals surface area contributed by atoms with Crippen LogP contribution >= 0.6 is 11.8 Å². The van der Waals surface area contributed by atoms with Gasteiger partial charge in [-0.1, -0.05) is 64.1 Å². The Kier molecular flexibility index (Phi) is 5.56. The van der Waals surface area contributed by atoms with E-state index in [0.717, 1.165) is 17.7 Å². The van der Waals surface area contributed by atoms with E-state index in [1.165, 1.54) is 22.9 Å². The largest absolute Gasteiger partial charge is 0.290 e. The first kappa shape index (κ1) is 19.4. The Bertz CT molecular complexity index is 887. The summed E-state index contributed by atoms with van der Waals surface area (Å²) in [6, 6.07) is 16.5. The fraction of sp³-hybridized carbons (Fsp3) is 0.304. The minimum Gasteiger partial charge on any atom is -0.290 e. The number of aryl methyl sites for hydroxylation is 1. The van der Waals surface area contributed by atoms with Crippen LogP contribution in [0.25, 0.3) is 6.08 Å². The number of amidine groups is 1. The summed E-state index contributed by atoms with van der Waals surface area (Å²) >= 11 is 1.42. The van der Waals surface area contributed by atoms with Crippen molar-refractivity contribution in [3.8, 4) is 0 Å². The van der Waals surface area contributed by atoms with Crippen molar-refractivity contribution in [2.45, 2.75) is 39.5 Å². The number of benzene rings is 2. The van der Waals surface area contributed by atoms with E-state index in [-0.39, 0.29) is 11.3 Å². The highest BCUT2D eigenvalue weighted by atomic mass is 32.2. The molecule has 0 unspecified atom stereocenters. The second-order valence-electron chi connectivity index (χ2n) is 7.76. The lowest BCUT2D eigenvalue weighted by Gasteiger charge is -2.18. The van der Waals surface area contributed by atoms with E-state index in [0.29, 0.717) is 10.1 Å². The number of nitrogens with zero attached hydrogens (tertiary/aromatic N) is 2. The van der Waals surface area contributed by atoms with E-state index in [2.05, 4.69) is 69.1 Å². The zero-order chi connectivity index (χ0) is 19.6. The van der Waals surface area contributed by atoms with Gasteiger partial charge >= 0.3 is 0 Å². The maximum absolute atomic E-state index is 12.6. The van der Waals surface area contributed by atoms with Gasteiger partial charge in [-0.15, -0.1) is 0 Å². The smallest absolute Gasteiger partial charge is 0.266 e. The Labute approximate surface area is 166 Å². The second-order valence-corrected chi connectivity index (χ2v) is 8.77. The molecule has 0 aliphatic carbocycles. The van der Waals surface area contributed by atoms with Gasteiger partial charge in [0.1, 0.15) is 0 Å². The minimum absolute atomic E-state index is 0.0103. The number of likely N-dealkylation sites (N-methyl/N-ethyl adjacent to an activating group) is 1. The van der Waals surface area contributed by atoms with Crippen LogP contribution in [0.2, 0.25) is 0 Å². The first-order valence-corrected chi connectivity index (χ1v) is 10.1. The summed E-state index contributed by atoms with van der Waals surface area (Å²) in [7, 11) is 1.78. The molecular weight excluding hydrogens is 352 g/mol. The Morgan fingerprint density at radius 2 is 1.67 bits per heavy atom. The van der Waals surface area contributed by atoms with Gasteiger partial charge in [-0.3, -0.25) is 9.69 Å². The van der Waals surface area contributed by atoms with Gasteiger partial charge in [-0.25, -0.2) is 4.99 Å². The third-order valence-corrected chi connectivity index (χ3v) is 5.71. The van der Waals surface area contributed by atoms with Gasteiger partial charge in [-0.2, -0.15) is 0 Å². The van der Waals surface area contributed by atoms with Gasteiger partial charge in [0.05, 0.1) is 10.6 Å². The first-order chi connectivity index (χ1) is 12.8. The average molecular weight is 379 g/mol. The molecular formula is C23H26N2OS. The zero-order valence-corrected chi connectivity index (χ0v) is 17.4. The molecule has 0 atom stereocenters. The molecule has 1 fully saturated rings. The van der Waals surface area contributed by atoms with Crippen molar-refractivity contribution in [1.29, 1.82) is 0 Å². The lowest BCUT2D eigenvalue weighted by atomic mass is 9.87. The van der Waals surface area contributed by atoms with Gasteiger partial charge in [0.25, 0.3) is 5.91 Å². The van der Waals surface area contributed by atoms with Gasteiger partial charge in [0.2, 0.25) is 0 Å². The summed E-state index contributed by atoms with van der Waals surface area (Å²) in [6.45, 7) is 8.72. The molecule has 1 aliphatic rings. The van der Waals surface area contributed by atoms with Gasteiger partial charge in [0.15, 0.2) is 5.17 Å². The van der Waals surface area contributed by atoms with Crippen LogP contribution in [0.1, 0.15) is 44.4 Å². The number of aliphatic imine (C=N–C) groups is 1. The quantitative estimate of drug-likeness (QED) is 0.634. The summed E-state index contributed by atoms with van der Waals surface area (Å²) in [5.41, 5.74) is 4.58. The molecule has 0 saturated carbocycles. The molecule has 0 radical (unpaired) electrons. The Morgan fingerprint density at radius 1 is 1.04 bits per heavy atom. The normalized spacial score (nSPS) is 18.0. The zero-order valence-electron chi connectivity index (χ0n) is 16.6. The summed E-state index contributed by atoms with van der Waals surface area (Å²) in [6.07, 6.45) is 2.95. The van der Waals surface area contributed by atoms with Crippen LogP contribution in [0, 0.1) is 0 Å². The Morgan fingerprint density at radius 3 is 2.22 bits per heavy atom. The second kappa shape index (κ2) is 7.73. The van der Waals surface area contributed by atoms with Crippen molar-refractivity contribution in [3.63, 3.8) is 0 Å². The molecule has 0 N–H and O–H groups in total. The van der Waals surface area contributed by atoms with Crippen LogP contribution in [-0.4, -0.2) is 23.0 Å². The van der Waals surface area contributed by atoms with Crippen LogP contribution in [0.15, 0.2) is 58.4 Å². The standard InChI is InChI=1S/C23H26N2OS/c1-6-16-9-13-19(14-10-16)24-22-25(5)21(26)20(27-22)15-17-7-11-18(12-8-17)23(2,3)4/h7-15H,6H2,1-5H3/b20-15+,24-22?. The van der Waals surface area contributed by atoms with E-state index in [9.17, 15) is 4.79 Å². The maximum Gasteiger partial charge on any atom is 0.266 e. The van der Waals surface area contributed by atoms with E-state index < -0.39 is 0 Å². The highest BCUT2D eigenvalue weighted by molar-refractivity contribution is 8.18. The number of carbonyl (C=O) groups is 1. The van der Waals surface area contributed by atoms with Crippen molar-refractivity contribution in [3.05, 3.63) is 70.1 Å². The molecule has 0 spiro atoms. The molecule has 2 aromatic rings. The number of hydrogen-bond acceptors (Lipinski definition) is 3. The van der Waals surface area contributed by atoms with Crippen LogP contribution in [0.4, 0.5) is 5.69 Å². The monoisotopic (exact) mass is 378 g/mol. The average Bonchev–Trinajstić information content (AvgIpc) is 2.90. The summed E-state index contributed by atoms with van der Waals surface area (Å²) in [5.74, 6) is -0.0103. The molecule has 4 heteroatoms. The lowest BCUT2D eigenvalue weighted by Crippen LogP contribution is -2.23. The number of thioether (sulfide) groups is 1. The molecule has 0 aromatic heterocycles. The van der Waals surface area contributed by atoms with Crippen LogP contribution < -0.4 is 0 Å². The van der Waals surface area contributed by atoms with E-state index >= 15 is 0 Å². The van der Waals surface area contributed by atoms with Crippen molar-refractivity contribution in [2.75, 3.05) is 7.05 Å². The van der Waals surface area contributed by atoms with Crippen molar-refractivity contribution >= 4 is 34.6 Å². The molecule has 140 valence electrons. The maximum atomic E-state index is 12.6. The third kappa shape index (κ3) is 4.51. The van der Waals surface area contributed by atoms with Crippen LogP contribution in [-0.2, 0) is 16.6 Å². The highest BCUT2D eigenvalue weighted by Crippen LogP contribution is 2.33. The SMILES string of the molecule is CCc1ccc(N=C2S/C(=C/c3ccc(C(C)(C)C)cc3)C(=O)N2C)cc1. The predicted molar refractivity (Wildman–Crippen MR) is 116 cm³/mol. The minimum atomic E-state index is -0.0103. The Hall–Kier alpha value is -2.33. The van der Waals surface area contributed by atoms with Gasteiger partial charge in [0, 0.05) is 7.05 Å². The fourth-order valence-corrected chi connectivity index (χ4v) is 3.79. The predicted octanol–water partition coefficient (Wildman–Crippen LogP) is 5.78. The van der Waals surface area contributed by atoms with Crippen molar-refractivity contribution < 1.29 is 4.79 Å². The number of carbonyl (C=O) groups excluding carboxylic acids is 1. The number of amides is 1.